The highest BCUT2D eigenvalue weighted by Crippen LogP contribution is 2.30. The number of esters is 1. The maximum Gasteiger partial charge on any atom is 0.337 e. The van der Waals surface area contributed by atoms with Crippen molar-refractivity contribution in [2.24, 2.45) is 0 Å². The van der Waals surface area contributed by atoms with Crippen molar-refractivity contribution in [1.29, 1.82) is 5.26 Å². The molecule has 136 valence electrons. The summed E-state index contributed by atoms with van der Waals surface area (Å²) in [5.74, 6) is -0.346. The minimum atomic E-state index is -0.346. The molecule has 0 amide bonds. The summed E-state index contributed by atoms with van der Waals surface area (Å²) in [6, 6.07) is 27.6. The van der Waals surface area contributed by atoms with Gasteiger partial charge in [0.1, 0.15) is 0 Å². The number of nitriles is 1. The molecule has 0 saturated carbocycles. The number of nitrogens with zero attached hydrogens (tertiary/aromatic N) is 2. The van der Waals surface area contributed by atoms with Crippen molar-refractivity contribution >= 4 is 16.9 Å². The zero-order valence-corrected chi connectivity index (χ0v) is 15.4. The molecule has 0 aliphatic carbocycles. The molecule has 0 saturated heterocycles. The molecule has 4 rings (SSSR count). The van der Waals surface area contributed by atoms with Crippen molar-refractivity contribution in [3.8, 4) is 17.3 Å². The Kier molecular flexibility index (Phi) is 4.65. The smallest absolute Gasteiger partial charge is 0.337 e. The molecule has 4 heteroatoms. The molecule has 4 aromatic rings. The van der Waals surface area contributed by atoms with Gasteiger partial charge in [-0.2, -0.15) is 5.26 Å². The van der Waals surface area contributed by atoms with Crippen molar-refractivity contribution in [3.05, 3.63) is 95.6 Å². The molecular formula is C24H18N2O2. The number of benzene rings is 3. The zero-order valence-electron chi connectivity index (χ0n) is 15.4. The second-order valence-corrected chi connectivity index (χ2v) is 6.56. The molecule has 0 aliphatic heterocycles. The molecule has 0 radical (unpaired) electrons. The summed E-state index contributed by atoms with van der Waals surface area (Å²) >= 11 is 0. The average molecular weight is 366 g/mol. The van der Waals surface area contributed by atoms with E-state index in [0.717, 1.165) is 27.7 Å². The molecule has 0 atom stereocenters. The van der Waals surface area contributed by atoms with Crippen LogP contribution in [-0.2, 0) is 11.3 Å². The van der Waals surface area contributed by atoms with Crippen molar-refractivity contribution in [1.82, 2.24) is 4.57 Å². The molecule has 0 fully saturated rings. The van der Waals surface area contributed by atoms with Gasteiger partial charge >= 0.3 is 5.97 Å². The summed E-state index contributed by atoms with van der Waals surface area (Å²) in [4.78, 5) is 11.9. The highest BCUT2D eigenvalue weighted by molar-refractivity contribution is 5.90. The van der Waals surface area contributed by atoms with Gasteiger partial charge in [0.15, 0.2) is 0 Å². The van der Waals surface area contributed by atoms with Gasteiger partial charge in [0.05, 0.1) is 24.3 Å². The zero-order chi connectivity index (χ0) is 19.5. The quantitative estimate of drug-likeness (QED) is 0.477. The minimum absolute atomic E-state index is 0.346. The Morgan fingerprint density at radius 1 is 1.00 bits per heavy atom. The molecule has 28 heavy (non-hydrogen) atoms. The van der Waals surface area contributed by atoms with E-state index in [2.05, 4.69) is 28.8 Å². The number of aromatic nitrogens is 1. The third-order valence-corrected chi connectivity index (χ3v) is 4.79. The van der Waals surface area contributed by atoms with Crippen LogP contribution in [0.15, 0.2) is 78.9 Å². The lowest BCUT2D eigenvalue weighted by Gasteiger charge is -2.12. The van der Waals surface area contributed by atoms with Crippen LogP contribution in [0.25, 0.3) is 22.2 Å². The van der Waals surface area contributed by atoms with E-state index in [-0.39, 0.29) is 5.97 Å². The van der Waals surface area contributed by atoms with Crippen LogP contribution >= 0.6 is 0 Å². The number of methoxy groups -OCH3 is 1. The summed E-state index contributed by atoms with van der Waals surface area (Å²) in [5, 5.41) is 10.2. The van der Waals surface area contributed by atoms with E-state index in [9.17, 15) is 10.1 Å². The van der Waals surface area contributed by atoms with E-state index in [1.807, 2.05) is 54.6 Å². The summed E-state index contributed by atoms with van der Waals surface area (Å²) in [7, 11) is 1.38. The predicted molar refractivity (Wildman–Crippen MR) is 109 cm³/mol. The van der Waals surface area contributed by atoms with Gasteiger partial charge in [0.2, 0.25) is 0 Å². The second-order valence-electron chi connectivity index (χ2n) is 6.56. The largest absolute Gasteiger partial charge is 0.465 e. The summed E-state index contributed by atoms with van der Waals surface area (Å²) in [5.41, 5.74) is 5.38. The molecule has 0 unspecified atom stereocenters. The Morgan fingerprint density at radius 3 is 2.57 bits per heavy atom. The molecular weight excluding hydrogens is 348 g/mol. The van der Waals surface area contributed by atoms with E-state index in [1.165, 1.54) is 7.11 Å². The standard InChI is InChI=1S/C24H18N2O2/c1-28-24(27)20-9-5-6-18(13-20)16-26-22-11-10-17(15-25)12-21(22)14-23(26)19-7-3-2-4-8-19/h2-14H,16H2,1H3. The van der Waals surface area contributed by atoms with Gasteiger partial charge in [-0.3, -0.25) is 0 Å². The predicted octanol–water partition coefficient (Wildman–Crippen LogP) is 5.01. The highest BCUT2D eigenvalue weighted by Gasteiger charge is 2.13. The maximum absolute atomic E-state index is 11.9. The minimum Gasteiger partial charge on any atom is -0.465 e. The lowest BCUT2D eigenvalue weighted by Crippen LogP contribution is -2.05. The molecule has 4 nitrogen and oxygen atoms in total. The Labute approximate surface area is 163 Å². The van der Waals surface area contributed by atoms with Gasteiger partial charge < -0.3 is 9.30 Å². The van der Waals surface area contributed by atoms with Crippen LogP contribution in [0.4, 0.5) is 0 Å². The third kappa shape index (κ3) is 3.26. The molecule has 0 aliphatic rings. The van der Waals surface area contributed by atoms with Crippen LogP contribution in [0.3, 0.4) is 0 Å². The summed E-state index contributed by atoms with van der Waals surface area (Å²) in [6.45, 7) is 0.602. The molecule has 0 N–H and O–H groups in total. The Morgan fingerprint density at radius 2 is 1.82 bits per heavy atom. The lowest BCUT2D eigenvalue weighted by atomic mass is 10.1. The number of fused-ring (bicyclic) bond motifs is 1. The molecule has 0 spiro atoms. The normalized spacial score (nSPS) is 10.6. The third-order valence-electron chi connectivity index (χ3n) is 4.79. The SMILES string of the molecule is COC(=O)c1cccc(Cn2c(-c3ccccc3)cc3cc(C#N)ccc32)c1. The van der Waals surface area contributed by atoms with Gasteiger partial charge in [-0.15, -0.1) is 0 Å². The Balaban J connectivity index is 1.85. The van der Waals surface area contributed by atoms with Crippen LogP contribution in [0.5, 0.6) is 0 Å². The van der Waals surface area contributed by atoms with Crippen LogP contribution in [-0.4, -0.2) is 17.6 Å². The van der Waals surface area contributed by atoms with Crippen molar-refractivity contribution in [2.75, 3.05) is 7.11 Å². The first kappa shape index (κ1) is 17.6. The van der Waals surface area contributed by atoms with E-state index in [0.29, 0.717) is 17.7 Å². The van der Waals surface area contributed by atoms with Gasteiger partial charge in [-0.25, -0.2) is 4.79 Å². The molecule has 3 aromatic carbocycles. The highest BCUT2D eigenvalue weighted by atomic mass is 16.5. The summed E-state index contributed by atoms with van der Waals surface area (Å²) in [6.07, 6.45) is 0. The maximum atomic E-state index is 11.9. The van der Waals surface area contributed by atoms with E-state index < -0.39 is 0 Å². The van der Waals surface area contributed by atoms with Crippen molar-refractivity contribution in [3.63, 3.8) is 0 Å². The summed E-state index contributed by atoms with van der Waals surface area (Å²) < 4.78 is 7.05. The van der Waals surface area contributed by atoms with Gasteiger partial charge in [0, 0.05) is 23.1 Å². The molecule has 1 heterocycles. The van der Waals surface area contributed by atoms with E-state index in [4.69, 9.17) is 4.74 Å². The number of hydrogen-bond donors (Lipinski definition) is 0. The number of rotatable bonds is 4. The van der Waals surface area contributed by atoms with Gasteiger partial charge in [0.25, 0.3) is 0 Å². The van der Waals surface area contributed by atoms with E-state index >= 15 is 0 Å². The number of ether oxygens (including phenoxy) is 1. The second kappa shape index (κ2) is 7.42. The van der Waals surface area contributed by atoms with Crippen LogP contribution in [0.2, 0.25) is 0 Å². The van der Waals surface area contributed by atoms with Crippen LogP contribution < -0.4 is 0 Å². The van der Waals surface area contributed by atoms with Crippen molar-refractivity contribution < 1.29 is 9.53 Å². The Bertz CT molecular complexity index is 1200. The lowest BCUT2D eigenvalue weighted by molar-refractivity contribution is 0.0600. The first-order valence-electron chi connectivity index (χ1n) is 8.95. The van der Waals surface area contributed by atoms with Crippen LogP contribution in [0, 0.1) is 11.3 Å². The first-order valence-corrected chi connectivity index (χ1v) is 8.95. The molecule has 1 aromatic heterocycles. The fourth-order valence-electron chi connectivity index (χ4n) is 3.46. The number of hydrogen-bond acceptors (Lipinski definition) is 3. The molecule has 0 bridgehead atoms. The fourth-order valence-corrected chi connectivity index (χ4v) is 3.46. The monoisotopic (exact) mass is 366 g/mol. The first-order chi connectivity index (χ1) is 13.7. The topological polar surface area (TPSA) is 55.0 Å². The number of carbonyl (C=O) groups excluding carboxylic acids is 1. The Hall–Kier alpha value is -3.84. The van der Waals surface area contributed by atoms with Gasteiger partial charge in [-0.1, -0.05) is 42.5 Å². The average Bonchev–Trinajstić information content (AvgIpc) is 3.11. The fraction of sp³-hybridized carbons (Fsp3) is 0.0833. The number of carbonyl (C=O) groups is 1. The van der Waals surface area contributed by atoms with E-state index in [1.54, 1.807) is 6.07 Å². The van der Waals surface area contributed by atoms with Crippen LogP contribution in [0.1, 0.15) is 21.5 Å². The van der Waals surface area contributed by atoms with Crippen molar-refractivity contribution in [2.45, 2.75) is 6.54 Å². The van der Waals surface area contributed by atoms with Gasteiger partial charge in [-0.05, 0) is 47.5 Å².